The Bertz CT molecular complexity index is 562. The molecule has 2 aromatic rings. The molecule has 3 nitrogen and oxygen atoms in total. The summed E-state index contributed by atoms with van der Waals surface area (Å²) in [7, 11) is 0. The number of hydrogen-bond donors (Lipinski definition) is 1. The SMILES string of the molecule is CC(Cc1ccc2occ(F)c2c1)NCC1COC1. The maximum absolute atomic E-state index is 13.4. The van der Waals surface area contributed by atoms with E-state index in [4.69, 9.17) is 9.15 Å². The molecule has 1 aliphatic rings. The van der Waals surface area contributed by atoms with Gasteiger partial charge in [0.1, 0.15) is 11.8 Å². The monoisotopic (exact) mass is 263 g/mol. The van der Waals surface area contributed by atoms with E-state index in [1.165, 1.54) is 0 Å². The average molecular weight is 263 g/mol. The Balaban J connectivity index is 1.61. The normalized spacial score (nSPS) is 17.6. The van der Waals surface area contributed by atoms with Gasteiger partial charge < -0.3 is 14.5 Å². The van der Waals surface area contributed by atoms with Crippen LogP contribution in [-0.2, 0) is 11.2 Å². The first-order chi connectivity index (χ1) is 9.22. The summed E-state index contributed by atoms with van der Waals surface area (Å²) < 4.78 is 23.7. The fourth-order valence-electron chi connectivity index (χ4n) is 2.37. The van der Waals surface area contributed by atoms with Crippen LogP contribution >= 0.6 is 0 Å². The number of halogens is 1. The Labute approximate surface area is 111 Å². The summed E-state index contributed by atoms with van der Waals surface area (Å²) in [5.41, 5.74) is 1.73. The molecule has 0 bridgehead atoms. The highest BCUT2D eigenvalue weighted by Gasteiger charge is 2.18. The summed E-state index contributed by atoms with van der Waals surface area (Å²) in [6, 6.07) is 6.07. The van der Waals surface area contributed by atoms with Gasteiger partial charge in [0.15, 0.2) is 5.82 Å². The van der Waals surface area contributed by atoms with Crippen molar-refractivity contribution in [3.8, 4) is 0 Å². The number of rotatable bonds is 5. The number of ether oxygens (including phenoxy) is 1. The van der Waals surface area contributed by atoms with Gasteiger partial charge in [-0.2, -0.15) is 0 Å². The van der Waals surface area contributed by atoms with Gasteiger partial charge in [-0.15, -0.1) is 0 Å². The molecule has 4 heteroatoms. The lowest BCUT2D eigenvalue weighted by Crippen LogP contribution is -2.40. The van der Waals surface area contributed by atoms with Crippen LogP contribution in [0.4, 0.5) is 4.39 Å². The van der Waals surface area contributed by atoms with Crippen LogP contribution in [0, 0.1) is 11.7 Å². The maximum Gasteiger partial charge on any atom is 0.169 e. The molecule has 0 amide bonds. The second kappa shape index (κ2) is 5.31. The predicted molar refractivity (Wildman–Crippen MR) is 71.6 cm³/mol. The summed E-state index contributed by atoms with van der Waals surface area (Å²) in [5.74, 6) is 0.361. The molecule has 0 radical (unpaired) electrons. The molecule has 1 saturated heterocycles. The van der Waals surface area contributed by atoms with Gasteiger partial charge in [-0.25, -0.2) is 4.39 Å². The second-order valence-corrected chi connectivity index (χ2v) is 5.33. The van der Waals surface area contributed by atoms with Gasteiger partial charge in [-0.1, -0.05) is 6.07 Å². The van der Waals surface area contributed by atoms with Crippen LogP contribution in [0.2, 0.25) is 0 Å². The summed E-state index contributed by atoms with van der Waals surface area (Å²) in [5, 5.41) is 4.06. The van der Waals surface area contributed by atoms with E-state index in [0.29, 0.717) is 22.9 Å². The van der Waals surface area contributed by atoms with Gasteiger partial charge in [0.2, 0.25) is 0 Å². The van der Waals surface area contributed by atoms with Crippen molar-refractivity contribution in [2.24, 2.45) is 5.92 Å². The van der Waals surface area contributed by atoms with Crippen molar-refractivity contribution in [1.29, 1.82) is 0 Å². The third-order valence-corrected chi connectivity index (χ3v) is 3.59. The lowest BCUT2D eigenvalue weighted by molar-refractivity contribution is -0.0314. The Kier molecular flexibility index (Phi) is 3.53. The van der Waals surface area contributed by atoms with E-state index in [9.17, 15) is 4.39 Å². The van der Waals surface area contributed by atoms with E-state index in [2.05, 4.69) is 12.2 Å². The second-order valence-electron chi connectivity index (χ2n) is 5.33. The van der Waals surface area contributed by atoms with E-state index in [1.807, 2.05) is 18.2 Å². The molecule has 1 aromatic carbocycles. The topological polar surface area (TPSA) is 34.4 Å². The molecule has 1 N–H and O–H groups in total. The first-order valence-corrected chi connectivity index (χ1v) is 6.69. The standard InChI is InChI=1S/C15H18FNO2/c1-10(17-6-12-7-18-8-12)4-11-2-3-15-13(5-11)14(16)9-19-15/h2-3,5,9-10,12,17H,4,6-8H2,1H3. The molecule has 1 unspecified atom stereocenters. The van der Waals surface area contributed by atoms with E-state index in [0.717, 1.165) is 38.0 Å². The summed E-state index contributed by atoms with van der Waals surface area (Å²) in [4.78, 5) is 0. The van der Waals surface area contributed by atoms with Gasteiger partial charge in [0, 0.05) is 18.5 Å². The van der Waals surface area contributed by atoms with Gasteiger partial charge >= 0.3 is 0 Å². The van der Waals surface area contributed by atoms with Crippen LogP contribution in [0.5, 0.6) is 0 Å². The fourth-order valence-corrected chi connectivity index (χ4v) is 2.37. The Morgan fingerprint density at radius 2 is 2.26 bits per heavy atom. The van der Waals surface area contributed by atoms with E-state index in [-0.39, 0.29) is 5.82 Å². The molecule has 2 heterocycles. The van der Waals surface area contributed by atoms with Crippen molar-refractivity contribution >= 4 is 11.0 Å². The van der Waals surface area contributed by atoms with Crippen LogP contribution in [0.3, 0.4) is 0 Å². The number of fused-ring (bicyclic) bond motifs is 1. The summed E-state index contributed by atoms with van der Waals surface area (Å²) >= 11 is 0. The van der Waals surface area contributed by atoms with Crippen LogP contribution in [0.1, 0.15) is 12.5 Å². The number of nitrogens with one attached hydrogen (secondary N) is 1. The van der Waals surface area contributed by atoms with Crippen molar-refractivity contribution in [3.63, 3.8) is 0 Å². The smallest absolute Gasteiger partial charge is 0.169 e. The highest BCUT2D eigenvalue weighted by molar-refractivity contribution is 5.78. The zero-order valence-electron chi connectivity index (χ0n) is 11.0. The quantitative estimate of drug-likeness (QED) is 0.900. The van der Waals surface area contributed by atoms with Crippen LogP contribution in [0.25, 0.3) is 11.0 Å². The predicted octanol–water partition coefficient (Wildman–Crippen LogP) is 2.74. The molecule has 1 aromatic heterocycles. The van der Waals surface area contributed by atoms with Gasteiger partial charge in [-0.05, 0) is 31.0 Å². The van der Waals surface area contributed by atoms with E-state index < -0.39 is 0 Å². The zero-order valence-corrected chi connectivity index (χ0v) is 11.0. The van der Waals surface area contributed by atoms with Crippen molar-refractivity contribution < 1.29 is 13.5 Å². The van der Waals surface area contributed by atoms with Crippen molar-refractivity contribution in [3.05, 3.63) is 35.8 Å². The van der Waals surface area contributed by atoms with Gasteiger partial charge in [0.25, 0.3) is 0 Å². The van der Waals surface area contributed by atoms with E-state index in [1.54, 1.807) is 0 Å². The third-order valence-electron chi connectivity index (χ3n) is 3.59. The minimum absolute atomic E-state index is 0.288. The summed E-state index contributed by atoms with van der Waals surface area (Å²) in [6.45, 7) is 4.87. The lowest BCUT2D eigenvalue weighted by atomic mass is 10.0. The number of hydrogen-bond acceptors (Lipinski definition) is 3. The van der Waals surface area contributed by atoms with Crippen molar-refractivity contribution in [2.75, 3.05) is 19.8 Å². The molecule has 1 fully saturated rings. The van der Waals surface area contributed by atoms with Crippen molar-refractivity contribution in [1.82, 2.24) is 5.32 Å². The molecule has 1 atom stereocenters. The highest BCUT2D eigenvalue weighted by atomic mass is 19.1. The molecule has 1 aliphatic heterocycles. The van der Waals surface area contributed by atoms with Gasteiger partial charge in [0.05, 0.1) is 18.6 Å². The fraction of sp³-hybridized carbons (Fsp3) is 0.467. The van der Waals surface area contributed by atoms with Gasteiger partial charge in [-0.3, -0.25) is 0 Å². The average Bonchev–Trinajstić information content (AvgIpc) is 2.69. The first-order valence-electron chi connectivity index (χ1n) is 6.69. The lowest BCUT2D eigenvalue weighted by Gasteiger charge is -2.27. The van der Waals surface area contributed by atoms with Crippen LogP contribution in [-0.4, -0.2) is 25.8 Å². The Morgan fingerprint density at radius 1 is 1.42 bits per heavy atom. The minimum atomic E-state index is -0.288. The summed E-state index contributed by atoms with van der Waals surface area (Å²) in [6.07, 6.45) is 2.04. The molecule has 0 saturated carbocycles. The van der Waals surface area contributed by atoms with Crippen LogP contribution < -0.4 is 5.32 Å². The first kappa shape index (κ1) is 12.6. The molecule has 0 spiro atoms. The zero-order chi connectivity index (χ0) is 13.2. The molecular weight excluding hydrogens is 245 g/mol. The molecule has 3 rings (SSSR count). The van der Waals surface area contributed by atoms with Crippen LogP contribution in [0.15, 0.2) is 28.9 Å². The third kappa shape index (κ3) is 2.80. The Hall–Kier alpha value is -1.39. The highest BCUT2D eigenvalue weighted by Crippen LogP contribution is 2.21. The largest absolute Gasteiger partial charge is 0.461 e. The molecule has 102 valence electrons. The maximum atomic E-state index is 13.4. The molecule has 19 heavy (non-hydrogen) atoms. The number of furan rings is 1. The number of benzene rings is 1. The van der Waals surface area contributed by atoms with Crippen molar-refractivity contribution in [2.45, 2.75) is 19.4 Å². The Morgan fingerprint density at radius 3 is 3.00 bits per heavy atom. The molecular formula is C15H18FNO2. The molecule has 0 aliphatic carbocycles. The minimum Gasteiger partial charge on any atom is -0.461 e. The van der Waals surface area contributed by atoms with E-state index >= 15 is 0 Å².